The quantitative estimate of drug-likeness (QED) is 0.805. The van der Waals surface area contributed by atoms with E-state index < -0.39 is 10.0 Å². The van der Waals surface area contributed by atoms with Gasteiger partial charge in [-0.1, -0.05) is 0 Å². The van der Waals surface area contributed by atoms with E-state index in [1.54, 1.807) is 0 Å². The number of nitrogens with two attached hydrogens (primary N) is 1. The van der Waals surface area contributed by atoms with E-state index in [2.05, 4.69) is 14.7 Å². The number of nitrogens with zero attached hydrogens (tertiary/aromatic N) is 2. The molecule has 0 radical (unpaired) electrons. The van der Waals surface area contributed by atoms with Crippen molar-refractivity contribution >= 4 is 21.4 Å². The van der Waals surface area contributed by atoms with Crippen LogP contribution in [0.3, 0.4) is 0 Å². The van der Waals surface area contributed by atoms with Gasteiger partial charge in [0.15, 0.2) is 0 Å². The lowest BCUT2D eigenvalue weighted by Gasteiger charge is -2.09. The molecule has 2 aromatic rings. The number of ether oxygens (including phenoxy) is 1. The van der Waals surface area contributed by atoms with Gasteiger partial charge in [0.2, 0.25) is 0 Å². The Bertz CT molecular complexity index is 674. The van der Waals surface area contributed by atoms with Gasteiger partial charge in [-0.15, -0.1) is 0 Å². The number of nitrogen functional groups attached to an aromatic ring is 1. The molecular formula is C11H12N4O3S. The summed E-state index contributed by atoms with van der Waals surface area (Å²) >= 11 is 0. The largest absolute Gasteiger partial charge is 0.495 e. The maximum atomic E-state index is 12.1. The summed E-state index contributed by atoms with van der Waals surface area (Å²) < 4.78 is 31.6. The molecule has 0 atom stereocenters. The number of anilines is 2. The van der Waals surface area contributed by atoms with Crippen molar-refractivity contribution in [2.24, 2.45) is 0 Å². The van der Waals surface area contributed by atoms with E-state index in [9.17, 15) is 8.42 Å². The molecule has 0 aliphatic carbocycles. The maximum Gasteiger partial charge on any atom is 0.262 e. The third-order valence-corrected chi connectivity index (χ3v) is 3.71. The van der Waals surface area contributed by atoms with Gasteiger partial charge >= 0.3 is 0 Å². The number of benzene rings is 1. The van der Waals surface area contributed by atoms with Gasteiger partial charge in [0.1, 0.15) is 12.1 Å². The first-order chi connectivity index (χ1) is 9.03. The minimum Gasteiger partial charge on any atom is -0.495 e. The molecule has 0 amide bonds. The van der Waals surface area contributed by atoms with Crippen LogP contribution in [-0.4, -0.2) is 25.5 Å². The third kappa shape index (κ3) is 2.91. The molecule has 7 nitrogen and oxygen atoms in total. The van der Waals surface area contributed by atoms with Crippen LogP contribution < -0.4 is 15.2 Å². The summed E-state index contributed by atoms with van der Waals surface area (Å²) in [4.78, 5) is 7.50. The monoisotopic (exact) mass is 280 g/mol. The molecule has 3 N–H and O–H groups in total. The highest BCUT2D eigenvalue weighted by molar-refractivity contribution is 7.92. The highest BCUT2D eigenvalue weighted by Gasteiger charge is 2.16. The molecule has 0 bridgehead atoms. The Morgan fingerprint density at radius 1 is 1.26 bits per heavy atom. The number of hydrogen-bond donors (Lipinski definition) is 2. The van der Waals surface area contributed by atoms with E-state index in [-0.39, 0.29) is 10.6 Å². The van der Waals surface area contributed by atoms with E-state index >= 15 is 0 Å². The van der Waals surface area contributed by atoms with Crippen LogP contribution in [0.1, 0.15) is 0 Å². The van der Waals surface area contributed by atoms with Gasteiger partial charge in [-0.05, 0) is 12.1 Å². The lowest BCUT2D eigenvalue weighted by atomic mass is 10.3. The molecule has 1 aromatic heterocycles. The Morgan fingerprint density at radius 2 is 1.95 bits per heavy atom. The van der Waals surface area contributed by atoms with Crippen molar-refractivity contribution in [3.05, 3.63) is 36.9 Å². The van der Waals surface area contributed by atoms with Gasteiger partial charge in [0, 0.05) is 6.07 Å². The number of rotatable bonds is 4. The first-order valence-corrected chi connectivity index (χ1v) is 6.72. The number of aromatic nitrogens is 2. The topological polar surface area (TPSA) is 107 Å². The fourth-order valence-corrected chi connectivity index (χ4v) is 2.47. The minimum absolute atomic E-state index is 0.0439. The number of methoxy groups -OCH3 is 1. The molecule has 1 aromatic carbocycles. The Balaban J connectivity index is 2.35. The molecule has 0 spiro atoms. The lowest BCUT2D eigenvalue weighted by Crippen LogP contribution is -2.13. The predicted octanol–water partition coefficient (Wildman–Crippen LogP) is 0.868. The second-order valence-electron chi connectivity index (χ2n) is 3.64. The summed E-state index contributed by atoms with van der Waals surface area (Å²) in [5.41, 5.74) is 6.28. The second kappa shape index (κ2) is 5.11. The van der Waals surface area contributed by atoms with E-state index in [0.29, 0.717) is 11.4 Å². The summed E-state index contributed by atoms with van der Waals surface area (Å²) in [6, 6.07) is 4.21. The average Bonchev–Trinajstić information content (AvgIpc) is 2.39. The molecule has 0 unspecified atom stereocenters. The molecule has 8 heteroatoms. The second-order valence-corrected chi connectivity index (χ2v) is 5.32. The van der Waals surface area contributed by atoms with E-state index in [1.807, 2.05) is 0 Å². The molecule has 100 valence electrons. The summed E-state index contributed by atoms with van der Waals surface area (Å²) in [7, 11) is -2.31. The Labute approximate surface area is 110 Å². The van der Waals surface area contributed by atoms with Crippen LogP contribution in [0.15, 0.2) is 41.8 Å². The molecule has 19 heavy (non-hydrogen) atoms. The molecule has 0 aliphatic rings. The molecule has 0 saturated carbocycles. The smallest absolute Gasteiger partial charge is 0.262 e. The molecule has 0 aliphatic heterocycles. The fourth-order valence-electron chi connectivity index (χ4n) is 1.42. The molecule has 0 saturated heterocycles. The molecule has 2 rings (SSSR count). The van der Waals surface area contributed by atoms with Gasteiger partial charge in [-0.25, -0.2) is 18.4 Å². The van der Waals surface area contributed by atoms with Crippen LogP contribution in [0, 0.1) is 0 Å². The minimum atomic E-state index is -3.73. The number of sulfonamides is 1. The van der Waals surface area contributed by atoms with Crippen molar-refractivity contribution in [3.8, 4) is 5.75 Å². The first kappa shape index (κ1) is 13.1. The van der Waals surface area contributed by atoms with Gasteiger partial charge in [-0.3, -0.25) is 4.72 Å². The van der Waals surface area contributed by atoms with Crippen LogP contribution >= 0.6 is 0 Å². The Kier molecular flexibility index (Phi) is 3.52. The third-order valence-electron chi connectivity index (χ3n) is 2.33. The van der Waals surface area contributed by atoms with Crippen LogP contribution in [0.25, 0.3) is 0 Å². The van der Waals surface area contributed by atoms with Crippen molar-refractivity contribution in [2.45, 2.75) is 4.90 Å². The SMILES string of the molecule is COc1cc(S(=O)(=O)Nc2cncnc2)ccc1N. The fraction of sp³-hybridized carbons (Fsp3) is 0.0909. The van der Waals surface area contributed by atoms with Crippen molar-refractivity contribution in [1.82, 2.24) is 9.97 Å². The predicted molar refractivity (Wildman–Crippen MR) is 70.2 cm³/mol. The first-order valence-electron chi connectivity index (χ1n) is 5.24. The zero-order valence-corrected chi connectivity index (χ0v) is 10.9. The van der Waals surface area contributed by atoms with Gasteiger partial charge < -0.3 is 10.5 Å². The summed E-state index contributed by atoms with van der Waals surface area (Å²) in [6.07, 6.45) is 4.03. The van der Waals surface area contributed by atoms with Crippen molar-refractivity contribution < 1.29 is 13.2 Å². The van der Waals surface area contributed by atoms with Gasteiger partial charge in [-0.2, -0.15) is 0 Å². The molecular weight excluding hydrogens is 268 g/mol. The van der Waals surface area contributed by atoms with Crippen molar-refractivity contribution in [1.29, 1.82) is 0 Å². The summed E-state index contributed by atoms with van der Waals surface area (Å²) in [5.74, 6) is 0.298. The highest BCUT2D eigenvalue weighted by Crippen LogP contribution is 2.25. The number of hydrogen-bond acceptors (Lipinski definition) is 6. The maximum absolute atomic E-state index is 12.1. The summed E-state index contributed by atoms with van der Waals surface area (Å²) in [6.45, 7) is 0. The Morgan fingerprint density at radius 3 is 2.58 bits per heavy atom. The number of nitrogens with one attached hydrogen (secondary N) is 1. The van der Waals surface area contributed by atoms with Crippen LogP contribution in [-0.2, 0) is 10.0 Å². The average molecular weight is 280 g/mol. The van der Waals surface area contributed by atoms with Gasteiger partial charge in [0.05, 0.1) is 35.8 Å². The van der Waals surface area contributed by atoms with E-state index in [0.717, 1.165) is 0 Å². The van der Waals surface area contributed by atoms with Crippen LogP contribution in [0.4, 0.5) is 11.4 Å². The van der Waals surface area contributed by atoms with Crippen LogP contribution in [0.2, 0.25) is 0 Å². The van der Waals surface area contributed by atoms with E-state index in [1.165, 1.54) is 44.0 Å². The van der Waals surface area contributed by atoms with Crippen molar-refractivity contribution in [2.75, 3.05) is 17.6 Å². The van der Waals surface area contributed by atoms with E-state index in [4.69, 9.17) is 10.5 Å². The Hall–Kier alpha value is -2.35. The zero-order chi connectivity index (χ0) is 13.9. The molecule has 0 fully saturated rings. The summed E-state index contributed by atoms with van der Waals surface area (Å²) in [5, 5.41) is 0. The standard InChI is InChI=1S/C11H12N4O3S/c1-18-11-4-9(2-3-10(11)12)19(16,17)15-8-5-13-7-14-6-8/h2-7,15H,12H2,1H3. The highest BCUT2D eigenvalue weighted by atomic mass is 32.2. The lowest BCUT2D eigenvalue weighted by molar-refractivity contribution is 0.415. The zero-order valence-electron chi connectivity index (χ0n) is 10.1. The van der Waals surface area contributed by atoms with Crippen molar-refractivity contribution in [3.63, 3.8) is 0 Å². The molecule has 1 heterocycles. The normalized spacial score (nSPS) is 11.0. The van der Waals surface area contributed by atoms with Gasteiger partial charge in [0.25, 0.3) is 10.0 Å². The van der Waals surface area contributed by atoms with Crippen LogP contribution in [0.5, 0.6) is 5.75 Å².